The molecule has 1 aliphatic heterocycles. The van der Waals surface area contributed by atoms with E-state index in [0.717, 1.165) is 0 Å². The summed E-state index contributed by atoms with van der Waals surface area (Å²) < 4.78 is 0. The van der Waals surface area contributed by atoms with Crippen molar-refractivity contribution in [2.24, 2.45) is 11.5 Å². The minimum absolute atomic E-state index is 0.0144. The number of hydrogen-bond donors (Lipinski definition) is 6. The van der Waals surface area contributed by atoms with E-state index in [0.29, 0.717) is 13.1 Å². The van der Waals surface area contributed by atoms with E-state index in [-0.39, 0.29) is 32.7 Å². The number of hydrogen-bond acceptors (Lipinski definition) is 6. The summed E-state index contributed by atoms with van der Waals surface area (Å²) in [5.41, 5.74) is 8.50. The fourth-order valence-electron chi connectivity index (χ4n) is 1.04. The van der Waals surface area contributed by atoms with Crippen molar-refractivity contribution in [3.8, 4) is 0 Å². The molecule has 20 heavy (non-hydrogen) atoms. The van der Waals surface area contributed by atoms with Crippen molar-refractivity contribution in [2.75, 3.05) is 39.8 Å². The Morgan fingerprint density at radius 3 is 1.45 bits per heavy atom. The second-order valence-electron chi connectivity index (χ2n) is 3.33. The van der Waals surface area contributed by atoms with Crippen LogP contribution >= 0.6 is 0 Å². The predicted molar refractivity (Wildman–Crippen MR) is 70.1 cm³/mol. The topological polar surface area (TPSA) is 174 Å². The van der Waals surface area contributed by atoms with Gasteiger partial charge in [0, 0.05) is 13.1 Å². The number of amides is 4. The fourth-order valence-corrected chi connectivity index (χ4v) is 1.04. The van der Waals surface area contributed by atoms with Crippen LogP contribution in [0.15, 0.2) is 12.2 Å². The number of primary amides is 2. The molecule has 0 bridgehead atoms. The maximum atomic E-state index is 10.9. The highest BCUT2D eigenvalue weighted by Crippen LogP contribution is 2.04. The van der Waals surface area contributed by atoms with Gasteiger partial charge in [0.15, 0.2) is 0 Å². The number of carbonyl (C=O) groups excluding carboxylic acids is 2. The van der Waals surface area contributed by atoms with Gasteiger partial charge in [-0.2, -0.15) is 0 Å². The highest BCUT2D eigenvalue weighted by Gasteiger charge is 2.26. The largest absolute Gasteiger partial charge is 0.392 e. The molecule has 0 unspecified atom stereocenters. The predicted octanol–water partition coefficient (Wildman–Crippen LogP) is -2.83. The number of urea groups is 2. The first-order valence-corrected chi connectivity index (χ1v) is 5.61. The molecule has 1 aliphatic rings. The third-order valence-corrected chi connectivity index (χ3v) is 1.90. The average Bonchev–Trinajstić information content (AvgIpc) is 2.76. The van der Waals surface area contributed by atoms with E-state index in [2.05, 4.69) is 11.5 Å². The van der Waals surface area contributed by atoms with Gasteiger partial charge >= 0.3 is 12.1 Å². The van der Waals surface area contributed by atoms with E-state index in [1.165, 1.54) is 22.0 Å². The Morgan fingerprint density at radius 2 is 1.30 bits per heavy atom. The van der Waals surface area contributed by atoms with Crippen LogP contribution in [0.1, 0.15) is 0 Å². The minimum atomic E-state index is -0.833. The quantitative estimate of drug-likeness (QED) is 0.305. The lowest BCUT2D eigenvalue weighted by Crippen LogP contribution is -2.32. The van der Waals surface area contributed by atoms with Gasteiger partial charge in [-0.25, -0.2) is 9.59 Å². The fraction of sp³-hybridized carbons (Fsp3) is 0.600. The molecule has 0 aromatic heterocycles. The van der Waals surface area contributed by atoms with Gasteiger partial charge in [0.2, 0.25) is 0 Å². The third-order valence-electron chi connectivity index (χ3n) is 1.90. The summed E-state index contributed by atoms with van der Waals surface area (Å²) >= 11 is 0. The standard InChI is InChI=1S/C5H10N2O3.C4H8O2.CH4N2O/c8-3-6-1-2-7(4-9)5(6)10;5-3-1-2-4-6;2-1(3)4/h8-9H,1-4H2;1-2,5-6H,3-4H2;(H4,2,3,4). The van der Waals surface area contributed by atoms with E-state index in [4.69, 9.17) is 25.2 Å². The molecular weight excluding hydrogens is 272 g/mol. The molecule has 1 rings (SSSR count). The van der Waals surface area contributed by atoms with Crippen LogP contribution in [0.4, 0.5) is 9.59 Å². The van der Waals surface area contributed by atoms with Crippen molar-refractivity contribution in [3.63, 3.8) is 0 Å². The molecule has 1 fully saturated rings. The molecule has 118 valence electrons. The molecule has 0 saturated carbocycles. The molecule has 0 radical (unpaired) electrons. The van der Waals surface area contributed by atoms with Crippen molar-refractivity contribution < 1.29 is 30.0 Å². The molecule has 10 heteroatoms. The Bertz CT molecular complexity index is 275. The van der Waals surface area contributed by atoms with Crippen molar-refractivity contribution in [1.29, 1.82) is 0 Å². The summed E-state index contributed by atoms with van der Waals surface area (Å²) in [6.07, 6.45) is 2.97. The SMILES string of the molecule is NC(N)=O.O=C1N(CO)CCN1CO.OCC=CCO. The number of nitrogens with zero attached hydrogens (tertiary/aromatic N) is 2. The van der Waals surface area contributed by atoms with Gasteiger partial charge in [-0.05, 0) is 0 Å². The Labute approximate surface area is 116 Å². The van der Waals surface area contributed by atoms with E-state index < -0.39 is 6.03 Å². The lowest BCUT2D eigenvalue weighted by molar-refractivity contribution is 0.113. The number of carbonyl (C=O) groups is 2. The van der Waals surface area contributed by atoms with Crippen molar-refractivity contribution >= 4 is 12.1 Å². The molecule has 0 aliphatic carbocycles. The first-order chi connectivity index (χ1) is 9.44. The van der Waals surface area contributed by atoms with Crippen LogP contribution in [0, 0.1) is 0 Å². The molecule has 0 aromatic rings. The van der Waals surface area contributed by atoms with Crippen molar-refractivity contribution in [3.05, 3.63) is 12.2 Å². The highest BCUT2D eigenvalue weighted by atomic mass is 16.3. The van der Waals surface area contributed by atoms with Crippen LogP contribution in [-0.2, 0) is 0 Å². The van der Waals surface area contributed by atoms with E-state index in [9.17, 15) is 4.79 Å². The van der Waals surface area contributed by atoms with Crippen molar-refractivity contribution in [2.45, 2.75) is 0 Å². The van der Waals surface area contributed by atoms with Crippen LogP contribution in [0.25, 0.3) is 0 Å². The normalized spacial score (nSPS) is 13.7. The zero-order valence-electron chi connectivity index (χ0n) is 11.1. The van der Waals surface area contributed by atoms with Gasteiger partial charge in [0.1, 0.15) is 13.5 Å². The Hall–Kier alpha value is -1.88. The lowest BCUT2D eigenvalue weighted by atomic mass is 10.5. The first kappa shape index (κ1) is 20.4. The molecular formula is C10H22N4O6. The van der Waals surface area contributed by atoms with Gasteiger partial charge in [-0.1, -0.05) is 12.2 Å². The second kappa shape index (κ2) is 13.5. The lowest BCUT2D eigenvalue weighted by Gasteiger charge is -2.13. The monoisotopic (exact) mass is 294 g/mol. The molecule has 0 spiro atoms. The van der Waals surface area contributed by atoms with E-state index in [1.807, 2.05) is 0 Å². The minimum Gasteiger partial charge on any atom is -0.392 e. The molecule has 0 aromatic carbocycles. The van der Waals surface area contributed by atoms with Gasteiger partial charge < -0.3 is 31.9 Å². The Kier molecular flexibility index (Phi) is 13.8. The average molecular weight is 294 g/mol. The number of aliphatic hydroxyl groups excluding tert-OH is 4. The molecule has 1 saturated heterocycles. The summed E-state index contributed by atoms with van der Waals surface area (Å²) in [5.74, 6) is 0. The summed E-state index contributed by atoms with van der Waals surface area (Å²) in [7, 11) is 0. The zero-order valence-corrected chi connectivity index (χ0v) is 11.1. The van der Waals surface area contributed by atoms with E-state index >= 15 is 0 Å². The second-order valence-corrected chi connectivity index (χ2v) is 3.33. The molecule has 4 amide bonds. The molecule has 10 nitrogen and oxygen atoms in total. The maximum Gasteiger partial charge on any atom is 0.323 e. The summed E-state index contributed by atoms with van der Waals surface area (Å²) in [6, 6.07) is -1.13. The number of rotatable bonds is 4. The van der Waals surface area contributed by atoms with E-state index in [1.54, 1.807) is 0 Å². The van der Waals surface area contributed by atoms with Gasteiger partial charge in [-0.15, -0.1) is 0 Å². The van der Waals surface area contributed by atoms with Crippen LogP contribution in [0.3, 0.4) is 0 Å². The number of aliphatic hydroxyl groups is 4. The van der Waals surface area contributed by atoms with Gasteiger partial charge in [-0.3, -0.25) is 9.80 Å². The maximum absolute atomic E-state index is 10.9. The summed E-state index contributed by atoms with van der Waals surface area (Å²) in [6.45, 7) is 0.484. The first-order valence-electron chi connectivity index (χ1n) is 5.61. The van der Waals surface area contributed by atoms with Crippen LogP contribution in [0.2, 0.25) is 0 Å². The van der Waals surface area contributed by atoms with Crippen molar-refractivity contribution in [1.82, 2.24) is 9.80 Å². The Balaban J connectivity index is 0. The van der Waals surface area contributed by atoms with Gasteiger partial charge in [0.05, 0.1) is 13.2 Å². The molecule has 8 N–H and O–H groups in total. The smallest absolute Gasteiger partial charge is 0.323 e. The molecule has 1 heterocycles. The summed E-state index contributed by atoms with van der Waals surface area (Å²) in [4.78, 5) is 22.4. The van der Waals surface area contributed by atoms with Crippen LogP contribution in [0.5, 0.6) is 0 Å². The highest BCUT2D eigenvalue weighted by molar-refractivity contribution is 5.76. The van der Waals surface area contributed by atoms with Crippen LogP contribution < -0.4 is 11.5 Å². The van der Waals surface area contributed by atoms with Gasteiger partial charge in [0.25, 0.3) is 0 Å². The Morgan fingerprint density at radius 1 is 1.00 bits per heavy atom. The zero-order chi connectivity index (χ0) is 16.0. The molecule has 0 atom stereocenters. The third kappa shape index (κ3) is 11.2. The number of nitrogens with two attached hydrogens (primary N) is 2. The van der Waals surface area contributed by atoms with Crippen LogP contribution in [-0.4, -0.2) is 82.1 Å². The summed E-state index contributed by atoms with van der Waals surface area (Å²) in [5, 5.41) is 33.1.